The van der Waals surface area contributed by atoms with E-state index in [-0.39, 0.29) is 30.0 Å². The smallest absolute Gasteiger partial charge is 0.414 e. The zero-order valence-electron chi connectivity index (χ0n) is 35.5. The van der Waals surface area contributed by atoms with Gasteiger partial charge in [0, 0.05) is 35.3 Å². The summed E-state index contributed by atoms with van der Waals surface area (Å²) in [5.41, 5.74) is 15.5. The molecule has 0 saturated carbocycles. The van der Waals surface area contributed by atoms with Gasteiger partial charge in [-0.25, -0.2) is 9.78 Å². The van der Waals surface area contributed by atoms with Gasteiger partial charge in [0.05, 0.1) is 66.1 Å². The number of ether oxygens (including phenoxy) is 2. The standard InChI is InChI=1S/C48H56N8O5/c1-5-28-21-34(51-44(28)38-12-8-18-53(38)47(58)43(49)27(2)3)30-14-16-33-40-23-32-20-29(15-17-36(32)55(40)26-61-42(33)24-30)35-25-50-45(52-35)39-13-9-19-54(39)46(57)41-22-31-10-6-7-11-37(31)56(41)48(59)60-4/h6-7,10-11,14-17,20,23-25,27-28,38-39,41,43-44,46,57H,5,8-9,12-13,18-19,21-22,26,49H2,1-4H3,(H,50,52). The fourth-order valence-corrected chi connectivity index (χ4v) is 10.8. The van der Waals surface area contributed by atoms with Gasteiger partial charge in [0.25, 0.3) is 0 Å². The first-order valence-electron chi connectivity index (χ1n) is 22.1. The van der Waals surface area contributed by atoms with Crippen LogP contribution in [0.2, 0.25) is 0 Å². The lowest BCUT2D eigenvalue weighted by molar-refractivity contribution is -0.134. The highest BCUT2D eigenvalue weighted by atomic mass is 16.5. The minimum Gasteiger partial charge on any atom is -0.472 e. The van der Waals surface area contributed by atoms with Crippen LogP contribution in [0.3, 0.4) is 0 Å². The van der Waals surface area contributed by atoms with Crippen molar-refractivity contribution in [2.75, 3.05) is 25.1 Å². The number of hydrogen-bond donors (Lipinski definition) is 3. The van der Waals surface area contributed by atoms with Crippen LogP contribution in [0.25, 0.3) is 33.4 Å². The van der Waals surface area contributed by atoms with Crippen molar-refractivity contribution in [1.29, 1.82) is 0 Å². The van der Waals surface area contributed by atoms with E-state index < -0.39 is 24.4 Å². The summed E-state index contributed by atoms with van der Waals surface area (Å²) in [4.78, 5) is 45.8. The van der Waals surface area contributed by atoms with Crippen molar-refractivity contribution in [3.05, 3.63) is 89.9 Å². The third-order valence-corrected chi connectivity index (χ3v) is 14.2. The maximum Gasteiger partial charge on any atom is 0.414 e. The Balaban J connectivity index is 0.873. The number of carbonyl (C=O) groups excluding carboxylic acids is 2. The highest BCUT2D eigenvalue weighted by Crippen LogP contribution is 2.43. The van der Waals surface area contributed by atoms with Gasteiger partial charge in [-0.1, -0.05) is 57.5 Å². The van der Waals surface area contributed by atoms with Crippen molar-refractivity contribution >= 4 is 34.3 Å². The molecule has 13 heteroatoms. The molecule has 0 spiro atoms. The number of nitrogens with two attached hydrogens (primary N) is 1. The number of hydrogen-bond acceptors (Lipinski definition) is 9. The summed E-state index contributed by atoms with van der Waals surface area (Å²) in [5, 5.41) is 13.0. The molecule has 2 saturated heterocycles. The van der Waals surface area contributed by atoms with Gasteiger partial charge in [-0.2, -0.15) is 0 Å². The minimum absolute atomic E-state index is 0.0594. The van der Waals surface area contributed by atoms with E-state index in [1.54, 1.807) is 4.90 Å². The van der Waals surface area contributed by atoms with Crippen LogP contribution in [0.4, 0.5) is 10.5 Å². The molecule has 0 bridgehead atoms. The Bertz CT molecular complexity index is 2530. The number of methoxy groups -OCH3 is 1. The van der Waals surface area contributed by atoms with E-state index >= 15 is 0 Å². The molecule has 7 unspecified atom stereocenters. The third kappa shape index (κ3) is 6.72. The highest BCUT2D eigenvalue weighted by Gasteiger charge is 2.45. The average Bonchev–Trinajstić information content (AvgIpc) is 4.14. The number of fused-ring (bicyclic) bond motifs is 6. The Labute approximate surface area is 356 Å². The number of aromatic nitrogens is 3. The Hall–Kier alpha value is -5.50. The summed E-state index contributed by atoms with van der Waals surface area (Å²) in [6.45, 7) is 8.12. The molecule has 5 aromatic rings. The molecular formula is C48H56N8O5. The number of nitrogens with one attached hydrogen (secondary N) is 1. The zero-order chi connectivity index (χ0) is 42.1. The number of aliphatic imine (C=N–C) groups is 1. The molecule has 4 N–H and O–H groups in total. The van der Waals surface area contributed by atoms with Crippen LogP contribution in [0.15, 0.2) is 77.9 Å². The van der Waals surface area contributed by atoms with Gasteiger partial charge >= 0.3 is 6.09 Å². The summed E-state index contributed by atoms with van der Waals surface area (Å²) in [6.07, 6.45) is 6.65. The van der Waals surface area contributed by atoms with Crippen molar-refractivity contribution in [3.8, 4) is 28.3 Å². The Kier molecular flexibility index (Phi) is 10.2. The van der Waals surface area contributed by atoms with Crippen LogP contribution < -0.4 is 15.4 Å². The maximum atomic E-state index is 13.4. The van der Waals surface area contributed by atoms with Crippen LogP contribution in [0.5, 0.6) is 5.75 Å². The fraction of sp³-hybridized carbons (Fsp3) is 0.458. The predicted molar refractivity (Wildman–Crippen MR) is 235 cm³/mol. The van der Waals surface area contributed by atoms with E-state index in [1.807, 2.05) is 49.2 Å². The average molecular weight is 825 g/mol. The first-order valence-corrected chi connectivity index (χ1v) is 22.1. The molecule has 5 aliphatic heterocycles. The molecular weight excluding hydrogens is 769 g/mol. The van der Waals surface area contributed by atoms with E-state index in [9.17, 15) is 14.7 Å². The van der Waals surface area contributed by atoms with Gasteiger partial charge < -0.3 is 34.8 Å². The molecule has 0 radical (unpaired) electrons. The van der Waals surface area contributed by atoms with Gasteiger partial charge in [-0.15, -0.1) is 0 Å². The van der Waals surface area contributed by atoms with Crippen LogP contribution in [-0.2, 0) is 22.7 Å². The van der Waals surface area contributed by atoms with E-state index in [4.69, 9.17) is 25.2 Å². The van der Waals surface area contributed by atoms with Crippen molar-refractivity contribution < 1.29 is 24.2 Å². The quantitative estimate of drug-likeness (QED) is 0.140. The molecule has 7 atom stereocenters. The summed E-state index contributed by atoms with van der Waals surface area (Å²) >= 11 is 0. The van der Waals surface area contributed by atoms with Crippen LogP contribution in [0.1, 0.15) is 82.3 Å². The lowest BCUT2D eigenvalue weighted by Gasteiger charge is -2.35. The maximum absolute atomic E-state index is 13.4. The molecule has 2 amide bonds. The summed E-state index contributed by atoms with van der Waals surface area (Å²) in [5.74, 6) is 2.19. The SMILES string of the molecule is CCC1CC(c2ccc3c(c2)OCn2c-3cc3cc(-c4cnc(C5CCCN5C(O)C5Cc6ccccc6N5C(=O)OC)[nH]4)ccc32)=NC1C1CCCN1C(=O)C(N)C(C)C. The molecule has 10 rings (SSSR count). The zero-order valence-corrected chi connectivity index (χ0v) is 35.5. The number of nitrogens with zero attached hydrogens (tertiary/aromatic N) is 6. The number of rotatable bonds is 9. The number of likely N-dealkylation sites (tertiary alicyclic amines) is 2. The molecule has 0 aliphatic carbocycles. The molecule has 2 aromatic heterocycles. The Morgan fingerprint density at radius 1 is 1.02 bits per heavy atom. The second-order valence-electron chi connectivity index (χ2n) is 17.9. The number of aliphatic hydroxyl groups is 1. The van der Waals surface area contributed by atoms with Gasteiger partial charge in [0.15, 0.2) is 6.73 Å². The lowest BCUT2D eigenvalue weighted by atomic mass is 9.88. The second kappa shape index (κ2) is 15.8. The van der Waals surface area contributed by atoms with E-state index in [0.717, 1.165) is 113 Å². The Morgan fingerprint density at radius 3 is 2.66 bits per heavy atom. The van der Waals surface area contributed by atoms with Gasteiger partial charge in [-0.3, -0.25) is 19.6 Å². The Morgan fingerprint density at radius 2 is 1.84 bits per heavy atom. The van der Waals surface area contributed by atoms with Crippen LogP contribution in [-0.4, -0.2) is 97.7 Å². The van der Waals surface area contributed by atoms with Gasteiger partial charge in [0.2, 0.25) is 5.91 Å². The molecule has 13 nitrogen and oxygen atoms in total. The largest absolute Gasteiger partial charge is 0.472 e. The molecule has 5 aliphatic rings. The molecule has 7 heterocycles. The number of H-pyrrole nitrogens is 1. The first-order chi connectivity index (χ1) is 29.6. The number of imidazole rings is 1. The number of amides is 2. The summed E-state index contributed by atoms with van der Waals surface area (Å²) in [7, 11) is 1.38. The van der Waals surface area contributed by atoms with Gasteiger partial charge in [-0.05, 0) is 97.9 Å². The van der Waals surface area contributed by atoms with Crippen molar-refractivity contribution in [3.63, 3.8) is 0 Å². The van der Waals surface area contributed by atoms with Crippen molar-refractivity contribution in [2.45, 2.75) is 109 Å². The number of anilines is 1. The van der Waals surface area contributed by atoms with E-state index in [1.165, 1.54) is 7.11 Å². The second-order valence-corrected chi connectivity index (χ2v) is 17.9. The molecule has 318 valence electrons. The molecule has 2 fully saturated rings. The predicted octanol–water partition coefficient (Wildman–Crippen LogP) is 7.26. The highest BCUT2D eigenvalue weighted by molar-refractivity contribution is 6.03. The fourth-order valence-electron chi connectivity index (χ4n) is 10.8. The summed E-state index contributed by atoms with van der Waals surface area (Å²) < 4.78 is 13.8. The monoisotopic (exact) mass is 824 g/mol. The first kappa shape index (κ1) is 39.6. The normalized spacial score (nSPS) is 24.4. The topological polar surface area (TPSA) is 155 Å². The van der Waals surface area contributed by atoms with Crippen LogP contribution in [0, 0.1) is 11.8 Å². The van der Waals surface area contributed by atoms with Crippen LogP contribution >= 0.6 is 0 Å². The number of benzene rings is 3. The van der Waals surface area contributed by atoms with Crippen molar-refractivity contribution in [1.82, 2.24) is 24.3 Å². The number of para-hydroxylation sites is 1. The number of aliphatic hydroxyl groups excluding tert-OH is 1. The summed E-state index contributed by atoms with van der Waals surface area (Å²) in [6, 6.07) is 22.0. The van der Waals surface area contributed by atoms with E-state index in [0.29, 0.717) is 25.6 Å². The van der Waals surface area contributed by atoms with Gasteiger partial charge in [0.1, 0.15) is 17.8 Å². The number of carbonyl (C=O) groups is 2. The minimum atomic E-state index is -0.900. The van der Waals surface area contributed by atoms with Crippen molar-refractivity contribution in [2.24, 2.45) is 22.6 Å². The van der Waals surface area contributed by atoms with E-state index in [2.05, 4.69) is 63.8 Å². The number of aromatic amines is 1. The molecule has 3 aromatic carbocycles. The third-order valence-electron chi connectivity index (χ3n) is 14.2. The molecule has 61 heavy (non-hydrogen) atoms. The lowest BCUT2D eigenvalue weighted by Crippen LogP contribution is -2.52.